The van der Waals surface area contributed by atoms with Gasteiger partial charge in [-0.3, -0.25) is 0 Å². The highest BCUT2D eigenvalue weighted by Gasteiger charge is 2.21. The van der Waals surface area contributed by atoms with Gasteiger partial charge in [0.2, 0.25) is 0 Å². The van der Waals surface area contributed by atoms with Crippen LogP contribution >= 0.6 is 0 Å². The number of carbonyl (C=O) groups is 1. The number of nitrogens with one attached hydrogen (secondary N) is 1. The third-order valence-corrected chi connectivity index (χ3v) is 3.12. The molecular formula is C11H21N3O3. The maximum atomic E-state index is 11.8. The van der Waals surface area contributed by atoms with Crippen molar-refractivity contribution in [3.63, 3.8) is 0 Å². The lowest BCUT2D eigenvalue weighted by atomic mass is 10.3. The van der Waals surface area contributed by atoms with Gasteiger partial charge in [0.15, 0.2) is 0 Å². The fourth-order valence-corrected chi connectivity index (χ4v) is 2.07. The van der Waals surface area contributed by atoms with Gasteiger partial charge in [0.25, 0.3) is 0 Å². The predicted octanol–water partition coefficient (Wildman–Crippen LogP) is -0.641. The first-order chi connectivity index (χ1) is 8.25. The van der Waals surface area contributed by atoms with Gasteiger partial charge in [-0.05, 0) is 7.05 Å². The smallest absolute Gasteiger partial charge is 0.317 e. The molecule has 0 spiro atoms. The molecule has 0 aromatic heterocycles. The number of ether oxygens (including phenoxy) is 2. The Kier molecular flexibility index (Phi) is 4.58. The molecule has 2 heterocycles. The molecule has 1 atom stereocenters. The molecule has 2 amide bonds. The van der Waals surface area contributed by atoms with Crippen LogP contribution in [0.1, 0.15) is 0 Å². The summed E-state index contributed by atoms with van der Waals surface area (Å²) in [7, 11) is 2.07. The summed E-state index contributed by atoms with van der Waals surface area (Å²) in [4.78, 5) is 15.8. The predicted molar refractivity (Wildman–Crippen MR) is 63.0 cm³/mol. The second-order valence-corrected chi connectivity index (χ2v) is 4.54. The van der Waals surface area contributed by atoms with E-state index < -0.39 is 0 Å². The van der Waals surface area contributed by atoms with Crippen molar-refractivity contribution in [1.82, 2.24) is 15.1 Å². The van der Waals surface area contributed by atoms with Gasteiger partial charge < -0.3 is 24.6 Å². The summed E-state index contributed by atoms with van der Waals surface area (Å²) in [6.45, 7) is 5.80. The third kappa shape index (κ3) is 3.83. The van der Waals surface area contributed by atoms with Crippen LogP contribution in [0.4, 0.5) is 4.79 Å². The molecule has 1 N–H and O–H groups in total. The van der Waals surface area contributed by atoms with Gasteiger partial charge in [-0.1, -0.05) is 0 Å². The van der Waals surface area contributed by atoms with Gasteiger partial charge >= 0.3 is 6.03 Å². The van der Waals surface area contributed by atoms with Crippen LogP contribution in [0.2, 0.25) is 0 Å². The minimum Gasteiger partial charge on any atom is -0.378 e. The molecule has 0 aromatic rings. The first-order valence-electron chi connectivity index (χ1n) is 6.16. The van der Waals surface area contributed by atoms with Crippen LogP contribution in [-0.4, -0.2) is 81.5 Å². The maximum absolute atomic E-state index is 11.8. The van der Waals surface area contributed by atoms with E-state index in [-0.39, 0.29) is 12.1 Å². The lowest BCUT2D eigenvalue weighted by Gasteiger charge is -2.31. The molecule has 0 saturated carbocycles. The largest absolute Gasteiger partial charge is 0.378 e. The molecule has 0 aromatic carbocycles. The molecule has 6 heteroatoms. The quantitative estimate of drug-likeness (QED) is 0.701. The normalized spacial score (nSPS) is 26.9. The Labute approximate surface area is 102 Å². The zero-order valence-corrected chi connectivity index (χ0v) is 10.4. The topological polar surface area (TPSA) is 54.0 Å². The molecule has 0 aliphatic carbocycles. The van der Waals surface area contributed by atoms with Crippen LogP contribution in [0.25, 0.3) is 0 Å². The van der Waals surface area contributed by atoms with Gasteiger partial charge in [0.1, 0.15) is 0 Å². The van der Waals surface area contributed by atoms with Gasteiger partial charge in [-0.2, -0.15) is 0 Å². The number of likely N-dealkylation sites (N-methyl/N-ethyl adjacent to an activating group) is 1. The number of urea groups is 1. The van der Waals surface area contributed by atoms with E-state index in [0.29, 0.717) is 32.8 Å². The fourth-order valence-electron chi connectivity index (χ4n) is 2.07. The molecule has 6 nitrogen and oxygen atoms in total. The minimum absolute atomic E-state index is 0.00914. The van der Waals surface area contributed by atoms with Crippen molar-refractivity contribution in [1.29, 1.82) is 0 Å². The number of hydrogen-bond donors (Lipinski definition) is 1. The van der Waals surface area contributed by atoms with E-state index in [9.17, 15) is 4.79 Å². The third-order valence-electron chi connectivity index (χ3n) is 3.12. The van der Waals surface area contributed by atoms with Crippen LogP contribution in [-0.2, 0) is 9.47 Å². The van der Waals surface area contributed by atoms with Crippen LogP contribution in [0.3, 0.4) is 0 Å². The highest BCUT2D eigenvalue weighted by molar-refractivity contribution is 5.74. The van der Waals surface area contributed by atoms with Crippen LogP contribution in [0, 0.1) is 0 Å². The first kappa shape index (κ1) is 12.6. The Hall–Kier alpha value is -0.850. The highest BCUT2D eigenvalue weighted by Crippen LogP contribution is 2.02. The summed E-state index contributed by atoms with van der Waals surface area (Å²) in [5.41, 5.74) is 0. The number of morpholine rings is 2. The van der Waals surface area contributed by atoms with Gasteiger partial charge in [-0.25, -0.2) is 4.79 Å². The zero-order chi connectivity index (χ0) is 12.1. The average molecular weight is 243 g/mol. The SMILES string of the molecule is CN1CCOC(CNC(=O)N2CCOCC2)C1. The maximum Gasteiger partial charge on any atom is 0.317 e. The van der Waals surface area contributed by atoms with Crippen molar-refractivity contribution in [2.45, 2.75) is 6.10 Å². The standard InChI is InChI=1S/C11H21N3O3/c1-13-2-7-17-10(9-13)8-12-11(15)14-3-5-16-6-4-14/h10H,2-9H2,1H3,(H,12,15). The van der Waals surface area contributed by atoms with E-state index in [1.807, 2.05) is 0 Å². The van der Waals surface area contributed by atoms with E-state index in [1.165, 1.54) is 0 Å². The molecular weight excluding hydrogens is 222 g/mol. The molecule has 2 saturated heterocycles. The molecule has 2 aliphatic heterocycles. The lowest BCUT2D eigenvalue weighted by Crippen LogP contribution is -2.50. The van der Waals surface area contributed by atoms with E-state index in [0.717, 1.165) is 19.7 Å². The van der Waals surface area contributed by atoms with Crippen LogP contribution in [0.15, 0.2) is 0 Å². The van der Waals surface area contributed by atoms with E-state index in [2.05, 4.69) is 17.3 Å². The molecule has 0 radical (unpaired) electrons. The van der Waals surface area contributed by atoms with Gasteiger partial charge in [-0.15, -0.1) is 0 Å². The molecule has 2 fully saturated rings. The average Bonchev–Trinajstić information content (AvgIpc) is 2.37. The summed E-state index contributed by atoms with van der Waals surface area (Å²) in [6, 6.07) is -0.00914. The number of carbonyl (C=O) groups excluding carboxylic acids is 1. The van der Waals surface area contributed by atoms with Crippen molar-refractivity contribution < 1.29 is 14.3 Å². The van der Waals surface area contributed by atoms with Crippen molar-refractivity contribution in [2.24, 2.45) is 0 Å². The Morgan fingerprint density at radius 3 is 2.76 bits per heavy atom. The second kappa shape index (κ2) is 6.18. The molecule has 2 rings (SSSR count). The van der Waals surface area contributed by atoms with Crippen LogP contribution < -0.4 is 5.32 Å². The molecule has 0 bridgehead atoms. The van der Waals surface area contributed by atoms with Crippen molar-refractivity contribution in [3.05, 3.63) is 0 Å². The zero-order valence-electron chi connectivity index (χ0n) is 10.4. The van der Waals surface area contributed by atoms with Crippen LogP contribution in [0.5, 0.6) is 0 Å². The highest BCUT2D eigenvalue weighted by atomic mass is 16.5. The van der Waals surface area contributed by atoms with E-state index in [4.69, 9.17) is 9.47 Å². The summed E-state index contributed by atoms with van der Waals surface area (Å²) in [6.07, 6.45) is 0.110. The van der Waals surface area contributed by atoms with Crippen molar-refractivity contribution in [3.8, 4) is 0 Å². The van der Waals surface area contributed by atoms with E-state index in [1.54, 1.807) is 4.90 Å². The molecule has 2 aliphatic rings. The Morgan fingerprint density at radius 1 is 1.29 bits per heavy atom. The first-order valence-corrected chi connectivity index (χ1v) is 6.16. The number of nitrogens with zero attached hydrogens (tertiary/aromatic N) is 2. The molecule has 98 valence electrons. The summed E-state index contributed by atoms with van der Waals surface area (Å²) in [5, 5.41) is 2.92. The number of hydrogen-bond acceptors (Lipinski definition) is 4. The Bertz CT molecular complexity index is 256. The fraction of sp³-hybridized carbons (Fsp3) is 0.909. The van der Waals surface area contributed by atoms with Crippen molar-refractivity contribution in [2.75, 3.05) is 59.6 Å². The van der Waals surface area contributed by atoms with Gasteiger partial charge in [0, 0.05) is 32.7 Å². The monoisotopic (exact) mass is 243 g/mol. The number of rotatable bonds is 2. The summed E-state index contributed by atoms with van der Waals surface area (Å²) < 4.78 is 10.8. The summed E-state index contributed by atoms with van der Waals surface area (Å²) in [5.74, 6) is 0. The molecule has 1 unspecified atom stereocenters. The minimum atomic E-state index is -0.00914. The Morgan fingerprint density at radius 2 is 2.06 bits per heavy atom. The number of amides is 2. The summed E-state index contributed by atoms with van der Waals surface area (Å²) >= 11 is 0. The van der Waals surface area contributed by atoms with Crippen molar-refractivity contribution >= 4 is 6.03 Å². The lowest BCUT2D eigenvalue weighted by molar-refractivity contribution is -0.0178. The van der Waals surface area contributed by atoms with E-state index >= 15 is 0 Å². The molecule has 17 heavy (non-hydrogen) atoms. The second-order valence-electron chi connectivity index (χ2n) is 4.54. The van der Waals surface area contributed by atoms with Gasteiger partial charge in [0.05, 0.1) is 25.9 Å². The Balaban J connectivity index is 1.68.